The second-order valence-electron chi connectivity index (χ2n) is 3.60. The molecule has 0 saturated heterocycles. The van der Waals surface area contributed by atoms with Crippen molar-refractivity contribution in [2.24, 2.45) is 0 Å². The van der Waals surface area contributed by atoms with Crippen molar-refractivity contribution < 1.29 is 4.42 Å². The van der Waals surface area contributed by atoms with Crippen LogP contribution in [0.3, 0.4) is 0 Å². The first-order valence-corrected chi connectivity index (χ1v) is 6.72. The third-order valence-electron chi connectivity index (χ3n) is 2.53. The van der Waals surface area contributed by atoms with E-state index < -0.39 is 0 Å². The van der Waals surface area contributed by atoms with E-state index in [1.807, 2.05) is 52.0 Å². The van der Waals surface area contributed by atoms with Gasteiger partial charge in [-0.2, -0.15) is 0 Å². The molecule has 1 heterocycles. The Hall–Kier alpha value is -1.80. The highest BCUT2D eigenvalue weighted by Crippen LogP contribution is 2.28. The summed E-state index contributed by atoms with van der Waals surface area (Å²) >= 11 is 0. The molecule has 0 aliphatic carbocycles. The average Bonchev–Trinajstić information content (AvgIpc) is 2.81. The fourth-order valence-electron chi connectivity index (χ4n) is 1.84. The maximum absolute atomic E-state index is 5.71. The summed E-state index contributed by atoms with van der Waals surface area (Å²) < 4.78 is 5.71. The van der Waals surface area contributed by atoms with Gasteiger partial charge in [0.25, 0.3) is 0 Å². The molecule has 0 unspecified atom stereocenters. The van der Waals surface area contributed by atoms with E-state index in [2.05, 4.69) is 25.1 Å². The molecule has 3 N–H and O–H groups in total. The van der Waals surface area contributed by atoms with Gasteiger partial charge in [-0.3, -0.25) is 0 Å². The van der Waals surface area contributed by atoms with Crippen LogP contribution >= 0.6 is 0 Å². The third-order valence-corrected chi connectivity index (χ3v) is 2.53. The number of para-hydroxylation sites is 1. The van der Waals surface area contributed by atoms with Gasteiger partial charge in [0.2, 0.25) is 0 Å². The van der Waals surface area contributed by atoms with Crippen LogP contribution in [0.1, 0.15) is 33.3 Å². The molecule has 3 rings (SSSR count). The average molecular weight is 259 g/mol. The molecule has 2 heteroatoms. The maximum atomic E-state index is 5.71. The van der Waals surface area contributed by atoms with Crippen molar-refractivity contribution in [2.75, 3.05) is 0 Å². The quantitative estimate of drug-likeness (QED) is 0.529. The summed E-state index contributed by atoms with van der Waals surface area (Å²) in [5, 5.41) is 2.41. The Bertz CT molecular complexity index is 611. The molecule has 0 fully saturated rings. The van der Waals surface area contributed by atoms with Crippen molar-refractivity contribution in [1.82, 2.24) is 6.15 Å². The molecule has 0 bridgehead atoms. The summed E-state index contributed by atoms with van der Waals surface area (Å²) in [7, 11) is 0. The molecule has 104 valence electrons. The second kappa shape index (κ2) is 8.33. The molecule has 0 aliphatic rings. The number of fused-ring (bicyclic) bond motifs is 3. The Morgan fingerprint density at radius 2 is 1.32 bits per heavy atom. The topological polar surface area (TPSA) is 48.1 Å². The summed E-state index contributed by atoms with van der Waals surface area (Å²) in [5.74, 6) is 0. The maximum Gasteiger partial charge on any atom is 0.135 e. The minimum absolute atomic E-state index is 0. The molecule has 0 radical (unpaired) electrons. The van der Waals surface area contributed by atoms with Crippen LogP contribution in [-0.2, 0) is 0 Å². The third kappa shape index (κ3) is 3.58. The van der Waals surface area contributed by atoms with Crippen LogP contribution in [0, 0.1) is 6.92 Å². The van der Waals surface area contributed by atoms with E-state index in [-0.39, 0.29) is 6.15 Å². The number of benzene rings is 2. The highest BCUT2D eigenvalue weighted by Gasteiger charge is 2.04. The molecule has 2 nitrogen and oxygen atoms in total. The number of rotatable bonds is 0. The zero-order valence-electron chi connectivity index (χ0n) is 12.7. The lowest BCUT2D eigenvalue weighted by atomic mass is 10.1. The van der Waals surface area contributed by atoms with Crippen LogP contribution in [0.15, 0.2) is 46.9 Å². The monoisotopic (exact) mass is 259 g/mol. The van der Waals surface area contributed by atoms with Gasteiger partial charge in [-0.05, 0) is 25.1 Å². The number of hydrogen-bond acceptors (Lipinski definition) is 2. The van der Waals surface area contributed by atoms with Gasteiger partial charge < -0.3 is 10.6 Å². The van der Waals surface area contributed by atoms with E-state index in [4.69, 9.17) is 4.42 Å². The molecular formula is C17H25NO. The fourth-order valence-corrected chi connectivity index (χ4v) is 1.84. The van der Waals surface area contributed by atoms with Crippen molar-refractivity contribution in [1.29, 1.82) is 0 Å². The lowest BCUT2D eigenvalue weighted by molar-refractivity contribution is 0.669. The molecule has 2 aromatic carbocycles. The van der Waals surface area contributed by atoms with Crippen LogP contribution in [0.5, 0.6) is 0 Å². The molecule has 0 spiro atoms. The van der Waals surface area contributed by atoms with Crippen LogP contribution in [0.25, 0.3) is 21.9 Å². The Balaban J connectivity index is 0.000000597. The summed E-state index contributed by atoms with van der Waals surface area (Å²) in [6, 6.07) is 14.4. The standard InChI is InChI=1S/C13H10O.2C2H6.H3N/c1-9-6-7-13-11(8-9)10-4-2-3-5-12(10)14-13;2*1-2;/h2-8H,1H3;2*1-2H3;1H3. The van der Waals surface area contributed by atoms with Crippen LogP contribution < -0.4 is 6.15 Å². The van der Waals surface area contributed by atoms with Crippen LogP contribution in [0.2, 0.25) is 0 Å². The van der Waals surface area contributed by atoms with E-state index >= 15 is 0 Å². The fraction of sp³-hybridized carbons (Fsp3) is 0.294. The minimum atomic E-state index is 0. The molecule has 19 heavy (non-hydrogen) atoms. The molecule has 3 aromatic rings. The Kier molecular flexibility index (Phi) is 7.54. The van der Waals surface area contributed by atoms with E-state index in [1.165, 1.54) is 16.3 Å². The highest BCUT2D eigenvalue weighted by atomic mass is 16.3. The van der Waals surface area contributed by atoms with Gasteiger partial charge in [-0.1, -0.05) is 57.5 Å². The molecule has 0 aliphatic heterocycles. The summed E-state index contributed by atoms with van der Waals surface area (Å²) in [6.45, 7) is 10.1. The summed E-state index contributed by atoms with van der Waals surface area (Å²) in [5.41, 5.74) is 3.20. The van der Waals surface area contributed by atoms with Gasteiger partial charge >= 0.3 is 0 Å². The van der Waals surface area contributed by atoms with E-state index in [0.29, 0.717) is 0 Å². The van der Waals surface area contributed by atoms with E-state index in [1.54, 1.807) is 0 Å². The van der Waals surface area contributed by atoms with Gasteiger partial charge in [0.15, 0.2) is 0 Å². The summed E-state index contributed by atoms with van der Waals surface area (Å²) in [6.07, 6.45) is 0. The zero-order valence-corrected chi connectivity index (χ0v) is 12.7. The van der Waals surface area contributed by atoms with Gasteiger partial charge in [-0.25, -0.2) is 0 Å². The van der Waals surface area contributed by atoms with E-state index in [0.717, 1.165) is 11.2 Å². The highest BCUT2D eigenvalue weighted by molar-refractivity contribution is 6.04. The normalized spacial score (nSPS) is 8.89. The van der Waals surface area contributed by atoms with Gasteiger partial charge in [-0.15, -0.1) is 0 Å². The second-order valence-corrected chi connectivity index (χ2v) is 3.60. The first kappa shape index (κ1) is 17.2. The number of aryl methyl sites for hydroxylation is 1. The van der Waals surface area contributed by atoms with Crippen molar-refractivity contribution in [3.8, 4) is 0 Å². The van der Waals surface area contributed by atoms with Crippen molar-refractivity contribution >= 4 is 21.9 Å². The molecule has 0 atom stereocenters. The first-order valence-electron chi connectivity index (χ1n) is 6.72. The zero-order chi connectivity index (χ0) is 13.5. The summed E-state index contributed by atoms with van der Waals surface area (Å²) in [4.78, 5) is 0. The lowest BCUT2D eigenvalue weighted by Crippen LogP contribution is -1.69. The Labute approximate surface area is 116 Å². The predicted octanol–water partition coefficient (Wildman–Crippen LogP) is 6.11. The van der Waals surface area contributed by atoms with Crippen molar-refractivity contribution in [2.45, 2.75) is 34.6 Å². The largest absolute Gasteiger partial charge is 0.456 e. The minimum Gasteiger partial charge on any atom is -0.456 e. The van der Waals surface area contributed by atoms with Crippen LogP contribution in [0.4, 0.5) is 0 Å². The molecular weight excluding hydrogens is 234 g/mol. The lowest BCUT2D eigenvalue weighted by Gasteiger charge is -1.90. The van der Waals surface area contributed by atoms with Crippen molar-refractivity contribution in [3.63, 3.8) is 0 Å². The predicted molar refractivity (Wildman–Crippen MR) is 86.2 cm³/mol. The molecule has 1 aromatic heterocycles. The SMILES string of the molecule is CC.CC.Cc1ccc2oc3ccccc3c2c1.N. The first-order chi connectivity index (χ1) is 8.84. The van der Waals surface area contributed by atoms with Gasteiger partial charge in [0.1, 0.15) is 11.2 Å². The van der Waals surface area contributed by atoms with Gasteiger partial charge in [0, 0.05) is 10.8 Å². The Morgan fingerprint density at radius 1 is 0.737 bits per heavy atom. The molecule has 0 saturated carbocycles. The van der Waals surface area contributed by atoms with E-state index in [9.17, 15) is 0 Å². The van der Waals surface area contributed by atoms with Gasteiger partial charge in [0.05, 0.1) is 0 Å². The number of furan rings is 1. The number of hydrogen-bond donors (Lipinski definition) is 1. The Morgan fingerprint density at radius 3 is 2.00 bits per heavy atom. The van der Waals surface area contributed by atoms with Crippen molar-refractivity contribution in [3.05, 3.63) is 48.0 Å². The molecule has 0 amide bonds. The smallest absolute Gasteiger partial charge is 0.135 e. The van der Waals surface area contributed by atoms with Crippen LogP contribution in [-0.4, -0.2) is 0 Å².